The molecule has 0 aliphatic heterocycles. The van der Waals surface area contributed by atoms with Gasteiger partial charge in [-0.1, -0.05) is 13.8 Å². The molecule has 1 aromatic rings. The minimum atomic E-state index is -0.420. The molecule has 0 fully saturated rings. The first-order valence-electron chi connectivity index (χ1n) is 5.83. The lowest BCUT2D eigenvalue weighted by Crippen LogP contribution is -2.50. The zero-order chi connectivity index (χ0) is 12.2. The van der Waals surface area contributed by atoms with E-state index >= 15 is 0 Å². The Hall–Kier alpha value is -1.09. The van der Waals surface area contributed by atoms with Crippen molar-refractivity contribution in [2.24, 2.45) is 0 Å². The number of ketones is 1. The molecule has 1 rings (SSSR count). The SMILES string of the molecule is CCN(CC)C(C)(C)C(=O)Cc1ccco1. The lowest BCUT2D eigenvalue weighted by atomic mass is 9.93. The van der Waals surface area contributed by atoms with Crippen LogP contribution in [0.1, 0.15) is 33.5 Å². The van der Waals surface area contributed by atoms with Gasteiger partial charge < -0.3 is 4.42 Å². The maximum atomic E-state index is 12.2. The fraction of sp³-hybridized carbons (Fsp3) is 0.615. The topological polar surface area (TPSA) is 33.5 Å². The third-order valence-corrected chi connectivity index (χ3v) is 3.15. The van der Waals surface area contributed by atoms with Crippen LogP contribution in [0.3, 0.4) is 0 Å². The number of nitrogens with zero attached hydrogens (tertiary/aromatic N) is 1. The van der Waals surface area contributed by atoms with Crippen LogP contribution < -0.4 is 0 Å². The van der Waals surface area contributed by atoms with Gasteiger partial charge in [0.25, 0.3) is 0 Å². The number of Topliss-reactive ketones (excluding diaryl/α,β-unsaturated/α-hetero) is 1. The first-order chi connectivity index (χ1) is 7.52. The normalized spacial score (nSPS) is 12.1. The van der Waals surface area contributed by atoms with Crippen LogP contribution in [0, 0.1) is 0 Å². The average Bonchev–Trinajstić information content (AvgIpc) is 2.71. The Kier molecular flexibility index (Phi) is 4.30. The molecule has 0 N–H and O–H groups in total. The highest BCUT2D eigenvalue weighted by molar-refractivity contribution is 5.89. The highest BCUT2D eigenvalue weighted by atomic mass is 16.3. The molecular formula is C13H21NO2. The van der Waals surface area contributed by atoms with Crippen LogP contribution in [-0.4, -0.2) is 29.3 Å². The van der Waals surface area contributed by atoms with Crippen LogP contribution >= 0.6 is 0 Å². The Morgan fingerprint density at radius 2 is 2.00 bits per heavy atom. The van der Waals surface area contributed by atoms with Gasteiger partial charge in [0.2, 0.25) is 0 Å². The van der Waals surface area contributed by atoms with E-state index in [9.17, 15) is 4.79 Å². The second kappa shape index (κ2) is 5.30. The fourth-order valence-corrected chi connectivity index (χ4v) is 1.98. The van der Waals surface area contributed by atoms with E-state index < -0.39 is 5.54 Å². The molecule has 0 amide bonds. The number of carbonyl (C=O) groups is 1. The lowest BCUT2D eigenvalue weighted by Gasteiger charge is -2.35. The standard InChI is InChI=1S/C13H21NO2/c1-5-14(6-2)13(3,4)12(15)10-11-8-7-9-16-11/h7-9H,5-6,10H2,1-4H3. The van der Waals surface area contributed by atoms with E-state index in [0.29, 0.717) is 6.42 Å². The molecule has 0 spiro atoms. The number of likely N-dealkylation sites (N-methyl/N-ethyl adjacent to an activating group) is 1. The van der Waals surface area contributed by atoms with Crippen molar-refractivity contribution in [3.63, 3.8) is 0 Å². The predicted octanol–water partition coefficient (Wildman–Crippen LogP) is 2.51. The number of furan rings is 1. The lowest BCUT2D eigenvalue weighted by molar-refractivity contribution is -0.128. The van der Waals surface area contributed by atoms with Gasteiger partial charge in [-0.25, -0.2) is 0 Å². The molecule has 0 radical (unpaired) electrons. The molecule has 0 saturated heterocycles. The summed E-state index contributed by atoms with van der Waals surface area (Å²) in [5.41, 5.74) is -0.420. The van der Waals surface area contributed by atoms with Crippen molar-refractivity contribution >= 4 is 5.78 Å². The van der Waals surface area contributed by atoms with Crippen LogP contribution in [0.4, 0.5) is 0 Å². The smallest absolute Gasteiger partial charge is 0.160 e. The Bertz CT molecular complexity index is 324. The summed E-state index contributed by atoms with van der Waals surface area (Å²) < 4.78 is 5.21. The molecule has 0 saturated carbocycles. The molecule has 3 nitrogen and oxygen atoms in total. The Morgan fingerprint density at radius 3 is 2.44 bits per heavy atom. The van der Waals surface area contributed by atoms with Gasteiger partial charge in [-0.3, -0.25) is 9.69 Å². The Morgan fingerprint density at radius 1 is 1.38 bits per heavy atom. The molecule has 3 heteroatoms. The van der Waals surface area contributed by atoms with E-state index in [2.05, 4.69) is 18.7 Å². The van der Waals surface area contributed by atoms with E-state index in [1.807, 2.05) is 26.0 Å². The molecular weight excluding hydrogens is 202 g/mol. The molecule has 0 atom stereocenters. The predicted molar refractivity (Wildman–Crippen MR) is 64.4 cm³/mol. The summed E-state index contributed by atoms with van der Waals surface area (Å²) in [4.78, 5) is 14.4. The molecule has 0 aliphatic carbocycles. The summed E-state index contributed by atoms with van der Waals surface area (Å²) in [6.45, 7) is 9.87. The van der Waals surface area contributed by atoms with Gasteiger partial charge in [0, 0.05) is 0 Å². The zero-order valence-corrected chi connectivity index (χ0v) is 10.6. The van der Waals surface area contributed by atoms with Crippen molar-refractivity contribution in [3.8, 4) is 0 Å². The quantitative estimate of drug-likeness (QED) is 0.743. The van der Waals surface area contributed by atoms with Crippen molar-refractivity contribution in [1.29, 1.82) is 0 Å². The van der Waals surface area contributed by atoms with Crippen molar-refractivity contribution < 1.29 is 9.21 Å². The van der Waals surface area contributed by atoms with Crippen molar-refractivity contribution in [2.75, 3.05) is 13.1 Å². The summed E-state index contributed by atoms with van der Waals surface area (Å²) in [6.07, 6.45) is 1.98. The van der Waals surface area contributed by atoms with Crippen molar-refractivity contribution in [3.05, 3.63) is 24.2 Å². The molecule has 90 valence electrons. The number of carbonyl (C=O) groups excluding carboxylic acids is 1. The minimum Gasteiger partial charge on any atom is -0.469 e. The Labute approximate surface area is 97.4 Å². The van der Waals surface area contributed by atoms with Crippen molar-refractivity contribution in [1.82, 2.24) is 4.90 Å². The first-order valence-corrected chi connectivity index (χ1v) is 5.83. The summed E-state index contributed by atoms with van der Waals surface area (Å²) in [5, 5.41) is 0. The van der Waals surface area contributed by atoms with Gasteiger partial charge in [-0.05, 0) is 39.1 Å². The maximum absolute atomic E-state index is 12.2. The third kappa shape index (κ3) is 2.73. The molecule has 0 unspecified atom stereocenters. The van der Waals surface area contributed by atoms with E-state index in [1.54, 1.807) is 6.26 Å². The van der Waals surface area contributed by atoms with Crippen LogP contribution in [0.15, 0.2) is 22.8 Å². The number of rotatable bonds is 6. The monoisotopic (exact) mass is 223 g/mol. The summed E-state index contributed by atoms with van der Waals surface area (Å²) in [7, 11) is 0. The molecule has 1 aromatic heterocycles. The molecule has 0 aromatic carbocycles. The first kappa shape index (κ1) is 13.0. The highest BCUT2D eigenvalue weighted by Gasteiger charge is 2.32. The zero-order valence-electron chi connectivity index (χ0n) is 10.6. The summed E-state index contributed by atoms with van der Waals surface area (Å²) in [5.74, 6) is 0.941. The second-order valence-electron chi connectivity index (χ2n) is 4.41. The van der Waals surface area contributed by atoms with E-state index in [0.717, 1.165) is 18.8 Å². The largest absolute Gasteiger partial charge is 0.469 e. The Balaban J connectivity index is 2.71. The third-order valence-electron chi connectivity index (χ3n) is 3.15. The van der Waals surface area contributed by atoms with Gasteiger partial charge >= 0.3 is 0 Å². The van der Waals surface area contributed by atoms with Crippen LogP contribution in [0.2, 0.25) is 0 Å². The van der Waals surface area contributed by atoms with Gasteiger partial charge in [0.1, 0.15) is 5.76 Å². The van der Waals surface area contributed by atoms with Crippen LogP contribution in [0.25, 0.3) is 0 Å². The van der Waals surface area contributed by atoms with Gasteiger partial charge in [-0.2, -0.15) is 0 Å². The summed E-state index contributed by atoms with van der Waals surface area (Å²) in [6, 6.07) is 3.66. The average molecular weight is 223 g/mol. The molecule has 0 aliphatic rings. The number of hydrogen-bond acceptors (Lipinski definition) is 3. The van der Waals surface area contributed by atoms with Gasteiger partial charge in [0.05, 0.1) is 18.2 Å². The van der Waals surface area contributed by atoms with Crippen molar-refractivity contribution in [2.45, 2.75) is 39.7 Å². The minimum absolute atomic E-state index is 0.200. The molecule has 0 bridgehead atoms. The molecule has 16 heavy (non-hydrogen) atoms. The van der Waals surface area contributed by atoms with Crippen LogP contribution in [-0.2, 0) is 11.2 Å². The van der Waals surface area contributed by atoms with Gasteiger partial charge in [-0.15, -0.1) is 0 Å². The van der Waals surface area contributed by atoms with E-state index in [4.69, 9.17) is 4.42 Å². The van der Waals surface area contributed by atoms with Crippen LogP contribution in [0.5, 0.6) is 0 Å². The fourth-order valence-electron chi connectivity index (χ4n) is 1.98. The highest BCUT2D eigenvalue weighted by Crippen LogP contribution is 2.18. The maximum Gasteiger partial charge on any atom is 0.160 e. The molecule has 1 heterocycles. The van der Waals surface area contributed by atoms with E-state index in [1.165, 1.54) is 0 Å². The summed E-state index contributed by atoms with van der Waals surface area (Å²) >= 11 is 0. The van der Waals surface area contributed by atoms with E-state index in [-0.39, 0.29) is 5.78 Å². The van der Waals surface area contributed by atoms with Gasteiger partial charge in [0.15, 0.2) is 5.78 Å². The second-order valence-corrected chi connectivity index (χ2v) is 4.41. The number of hydrogen-bond donors (Lipinski definition) is 0.